The molecule has 90 valence electrons. The van der Waals surface area contributed by atoms with Crippen LogP contribution in [0.15, 0.2) is 22.7 Å². The molecule has 0 bridgehead atoms. The van der Waals surface area contributed by atoms with Crippen LogP contribution in [0.3, 0.4) is 0 Å². The number of carbonyl (C=O) groups is 1. The normalized spacial score (nSPS) is 19.7. The first-order valence-corrected chi connectivity index (χ1v) is 5.95. The van der Waals surface area contributed by atoms with Crippen LogP contribution in [0.25, 0.3) is 0 Å². The van der Waals surface area contributed by atoms with Crippen molar-refractivity contribution in [2.45, 2.75) is 13.0 Å². The van der Waals surface area contributed by atoms with E-state index in [1.165, 1.54) is 11.0 Å². The van der Waals surface area contributed by atoms with E-state index in [1.807, 2.05) is 6.92 Å². The van der Waals surface area contributed by atoms with Crippen LogP contribution < -0.4 is 5.32 Å². The summed E-state index contributed by atoms with van der Waals surface area (Å²) in [5.41, 5.74) is 0.593. The van der Waals surface area contributed by atoms with E-state index in [0.717, 1.165) is 0 Å². The number of amides is 2. The Morgan fingerprint density at radius 2 is 2.29 bits per heavy atom. The van der Waals surface area contributed by atoms with Crippen molar-refractivity contribution in [3.8, 4) is 0 Å². The Morgan fingerprint density at radius 3 is 2.88 bits per heavy atom. The molecule has 0 spiro atoms. The second-order valence-corrected chi connectivity index (χ2v) is 4.56. The van der Waals surface area contributed by atoms with Gasteiger partial charge >= 0.3 is 6.03 Å². The zero-order valence-electron chi connectivity index (χ0n) is 9.13. The summed E-state index contributed by atoms with van der Waals surface area (Å²) in [5, 5.41) is 10.2. The predicted molar refractivity (Wildman–Crippen MR) is 65.5 cm³/mol. The average molecular weight is 300 g/mol. The van der Waals surface area contributed by atoms with Gasteiger partial charge in [0.05, 0.1) is 4.47 Å². The standard InChI is InChI=1S/C11H11BrFN3O/c1-2-16-9(10(14)15-11(16)17)6-3-4-7(12)8(13)5-6/h3-5,9H,2H2,1H3,(H2,14,15,17). The van der Waals surface area contributed by atoms with Gasteiger partial charge in [0.2, 0.25) is 0 Å². The summed E-state index contributed by atoms with van der Waals surface area (Å²) in [4.78, 5) is 13.0. The summed E-state index contributed by atoms with van der Waals surface area (Å²) in [6, 6.07) is 3.79. The summed E-state index contributed by atoms with van der Waals surface area (Å²) in [6.07, 6.45) is 0. The van der Waals surface area contributed by atoms with E-state index < -0.39 is 11.9 Å². The smallest absolute Gasteiger partial charge is 0.310 e. The van der Waals surface area contributed by atoms with Crippen LogP contribution in [0.5, 0.6) is 0 Å². The maximum atomic E-state index is 13.4. The van der Waals surface area contributed by atoms with Gasteiger partial charge < -0.3 is 4.90 Å². The maximum absolute atomic E-state index is 13.4. The van der Waals surface area contributed by atoms with Crippen molar-refractivity contribution in [2.75, 3.05) is 6.54 Å². The predicted octanol–water partition coefficient (Wildman–Crippen LogP) is 2.65. The molecule has 0 aliphatic carbocycles. The van der Waals surface area contributed by atoms with Crippen LogP contribution in [0.2, 0.25) is 0 Å². The molecule has 17 heavy (non-hydrogen) atoms. The fourth-order valence-electron chi connectivity index (χ4n) is 1.88. The van der Waals surface area contributed by atoms with Crippen LogP contribution in [0.1, 0.15) is 18.5 Å². The molecule has 0 saturated carbocycles. The Kier molecular flexibility index (Phi) is 3.15. The lowest BCUT2D eigenvalue weighted by Gasteiger charge is -2.21. The number of urea groups is 1. The van der Waals surface area contributed by atoms with Crippen LogP contribution in [0, 0.1) is 11.2 Å². The minimum Gasteiger partial charge on any atom is -0.310 e. The molecule has 2 amide bonds. The van der Waals surface area contributed by atoms with E-state index in [-0.39, 0.29) is 11.9 Å². The number of nitrogens with zero attached hydrogens (tertiary/aromatic N) is 1. The van der Waals surface area contributed by atoms with Gasteiger partial charge in [-0.2, -0.15) is 0 Å². The van der Waals surface area contributed by atoms with E-state index in [0.29, 0.717) is 16.6 Å². The van der Waals surface area contributed by atoms with Crippen molar-refractivity contribution in [1.82, 2.24) is 10.2 Å². The quantitative estimate of drug-likeness (QED) is 0.867. The summed E-state index contributed by atoms with van der Waals surface area (Å²) in [6.45, 7) is 2.29. The number of benzene rings is 1. The molecule has 0 aromatic heterocycles. The SMILES string of the molecule is CCN1C(=O)NC(=N)C1c1ccc(Br)c(F)c1. The van der Waals surface area contributed by atoms with E-state index >= 15 is 0 Å². The summed E-state index contributed by atoms with van der Waals surface area (Å²) >= 11 is 3.07. The zero-order chi connectivity index (χ0) is 12.6. The molecule has 1 aliphatic rings. The van der Waals surface area contributed by atoms with Gasteiger partial charge in [0, 0.05) is 6.54 Å². The van der Waals surface area contributed by atoms with Gasteiger partial charge in [0.25, 0.3) is 0 Å². The van der Waals surface area contributed by atoms with Gasteiger partial charge in [-0.1, -0.05) is 6.07 Å². The topological polar surface area (TPSA) is 56.2 Å². The molecule has 1 aromatic carbocycles. The van der Waals surface area contributed by atoms with E-state index in [1.54, 1.807) is 12.1 Å². The largest absolute Gasteiger partial charge is 0.323 e. The molecule has 1 unspecified atom stereocenters. The van der Waals surface area contributed by atoms with Crippen molar-refractivity contribution >= 4 is 27.8 Å². The third-order valence-electron chi connectivity index (χ3n) is 2.69. The van der Waals surface area contributed by atoms with E-state index in [9.17, 15) is 9.18 Å². The van der Waals surface area contributed by atoms with Crippen LogP contribution in [0.4, 0.5) is 9.18 Å². The van der Waals surface area contributed by atoms with Gasteiger partial charge in [0.1, 0.15) is 17.7 Å². The van der Waals surface area contributed by atoms with Crippen molar-refractivity contribution in [2.24, 2.45) is 0 Å². The molecule has 1 atom stereocenters. The van der Waals surface area contributed by atoms with Crippen molar-refractivity contribution in [1.29, 1.82) is 5.41 Å². The molecule has 1 heterocycles. The highest BCUT2D eigenvalue weighted by Gasteiger charge is 2.35. The van der Waals surface area contributed by atoms with Gasteiger partial charge in [-0.25, -0.2) is 9.18 Å². The average Bonchev–Trinajstić information content (AvgIpc) is 2.57. The maximum Gasteiger partial charge on any atom is 0.323 e. The Morgan fingerprint density at radius 1 is 1.59 bits per heavy atom. The summed E-state index contributed by atoms with van der Waals surface area (Å²) < 4.78 is 13.8. The van der Waals surface area contributed by atoms with Gasteiger partial charge in [-0.3, -0.25) is 10.7 Å². The minimum atomic E-state index is -0.518. The van der Waals surface area contributed by atoms with Gasteiger partial charge in [0.15, 0.2) is 0 Å². The summed E-state index contributed by atoms with van der Waals surface area (Å²) in [7, 11) is 0. The Labute approximate surface area is 106 Å². The van der Waals surface area contributed by atoms with E-state index in [2.05, 4.69) is 21.2 Å². The third kappa shape index (κ3) is 2.04. The lowest BCUT2D eigenvalue weighted by atomic mass is 10.1. The number of halogens is 2. The minimum absolute atomic E-state index is 0.0820. The molecule has 0 radical (unpaired) electrons. The van der Waals surface area contributed by atoms with Gasteiger partial charge in [-0.05, 0) is 40.5 Å². The molecular weight excluding hydrogens is 289 g/mol. The molecule has 2 rings (SSSR count). The molecule has 6 heteroatoms. The molecule has 4 nitrogen and oxygen atoms in total. The molecule has 2 N–H and O–H groups in total. The van der Waals surface area contributed by atoms with Gasteiger partial charge in [-0.15, -0.1) is 0 Å². The lowest BCUT2D eigenvalue weighted by Crippen LogP contribution is -2.29. The summed E-state index contributed by atoms with van der Waals surface area (Å²) in [5.74, 6) is -0.315. The Bertz CT molecular complexity index is 492. The zero-order valence-corrected chi connectivity index (χ0v) is 10.7. The fraction of sp³-hybridized carbons (Fsp3) is 0.273. The van der Waals surface area contributed by atoms with Crippen molar-refractivity contribution < 1.29 is 9.18 Å². The highest BCUT2D eigenvalue weighted by atomic mass is 79.9. The number of carbonyl (C=O) groups excluding carboxylic acids is 1. The molecule has 1 aliphatic heterocycles. The number of hydrogen-bond donors (Lipinski definition) is 2. The fourth-order valence-corrected chi connectivity index (χ4v) is 2.13. The molecule has 1 aromatic rings. The molecule has 1 saturated heterocycles. The highest BCUT2D eigenvalue weighted by molar-refractivity contribution is 9.10. The number of nitrogens with one attached hydrogen (secondary N) is 2. The Balaban J connectivity index is 2.41. The second-order valence-electron chi connectivity index (χ2n) is 3.71. The first-order chi connectivity index (χ1) is 8.04. The van der Waals surface area contributed by atoms with E-state index in [4.69, 9.17) is 5.41 Å². The van der Waals surface area contributed by atoms with Crippen LogP contribution in [-0.2, 0) is 0 Å². The number of likely N-dealkylation sites (N-methyl/N-ethyl adjacent to an activating group) is 1. The monoisotopic (exact) mass is 299 g/mol. The van der Waals surface area contributed by atoms with Crippen molar-refractivity contribution in [3.05, 3.63) is 34.1 Å². The van der Waals surface area contributed by atoms with Crippen molar-refractivity contribution in [3.63, 3.8) is 0 Å². The first kappa shape index (κ1) is 12.0. The number of amidine groups is 1. The Hall–Kier alpha value is -1.43. The second kappa shape index (κ2) is 4.44. The first-order valence-electron chi connectivity index (χ1n) is 5.15. The van der Waals surface area contributed by atoms with Crippen LogP contribution >= 0.6 is 15.9 Å². The highest BCUT2D eigenvalue weighted by Crippen LogP contribution is 2.28. The third-order valence-corrected chi connectivity index (χ3v) is 3.33. The lowest BCUT2D eigenvalue weighted by molar-refractivity contribution is 0.209. The molecular formula is C11H11BrFN3O. The molecule has 1 fully saturated rings. The van der Waals surface area contributed by atoms with Crippen LogP contribution in [-0.4, -0.2) is 23.3 Å². The number of hydrogen-bond acceptors (Lipinski definition) is 2. The number of rotatable bonds is 2.